The molecule has 100 valence electrons. The maximum absolute atomic E-state index is 13.4. The number of amides is 1. The van der Waals surface area contributed by atoms with Crippen LogP contribution in [0.5, 0.6) is 0 Å². The van der Waals surface area contributed by atoms with Crippen LogP contribution in [-0.2, 0) is 0 Å². The molecule has 0 aromatic heterocycles. The van der Waals surface area contributed by atoms with E-state index in [4.69, 9.17) is 0 Å². The summed E-state index contributed by atoms with van der Waals surface area (Å²) in [4.78, 5) is 11.6. The molecule has 1 unspecified atom stereocenters. The summed E-state index contributed by atoms with van der Waals surface area (Å²) < 4.78 is 49.8. The Kier molecular flexibility index (Phi) is 4.72. The fourth-order valence-electron chi connectivity index (χ4n) is 1.41. The molecule has 0 saturated heterocycles. The Balaban J connectivity index is 2.77. The molecule has 18 heavy (non-hydrogen) atoms. The summed E-state index contributed by atoms with van der Waals surface area (Å²) in [5, 5.41) is 2.11. The van der Waals surface area contributed by atoms with Crippen molar-refractivity contribution in [3.05, 3.63) is 34.1 Å². The van der Waals surface area contributed by atoms with Crippen LogP contribution in [0.2, 0.25) is 0 Å². The molecule has 1 aromatic carbocycles. The van der Waals surface area contributed by atoms with Gasteiger partial charge in [0.05, 0.1) is 12.0 Å². The third-order valence-electron chi connectivity index (χ3n) is 2.10. The summed E-state index contributed by atoms with van der Waals surface area (Å²) in [5.41, 5.74) is -0.300. The Morgan fingerprint density at radius 3 is 2.56 bits per heavy atom. The highest BCUT2D eigenvalue weighted by Crippen LogP contribution is 2.23. The highest BCUT2D eigenvalue weighted by Gasteiger charge is 2.31. The molecule has 1 atom stereocenters. The van der Waals surface area contributed by atoms with Crippen LogP contribution in [0.1, 0.15) is 23.7 Å². The average Bonchev–Trinajstić information content (AvgIpc) is 2.13. The number of halogens is 5. The number of carbonyl (C=O) groups is 1. The lowest BCUT2D eigenvalue weighted by molar-refractivity contribution is -0.138. The summed E-state index contributed by atoms with van der Waals surface area (Å²) in [6.07, 6.45) is -5.54. The van der Waals surface area contributed by atoms with Crippen molar-refractivity contribution in [3.8, 4) is 0 Å². The van der Waals surface area contributed by atoms with Crippen molar-refractivity contribution >= 4 is 21.8 Å². The molecule has 0 saturated carbocycles. The van der Waals surface area contributed by atoms with Crippen LogP contribution in [-0.4, -0.2) is 18.1 Å². The molecule has 1 amide bonds. The van der Waals surface area contributed by atoms with Gasteiger partial charge in [0.25, 0.3) is 5.91 Å². The molecule has 0 aliphatic rings. The number of carbonyl (C=O) groups excluding carboxylic acids is 1. The Morgan fingerprint density at radius 2 is 2.06 bits per heavy atom. The van der Waals surface area contributed by atoms with Crippen LogP contribution in [0.15, 0.2) is 22.7 Å². The Labute approximate surface area is 109 Å². The van der Waals surface area contributed by atoms with Gasteiger partial charge in [-0.15, -0.1) is 0 Å². The fraction of sp³-hybridized carbons (Fsp3) is 0.364. The van der Waals surface area contributed by atoms with Crippen molar-refractivity contribution in [1.82, 2.24) is 5.32 Å². The van der Waals surface area contributed by atoms with Crippen molar-refractivity contribution in [3.63, 3.8) is 0 Å². The summed E-state index contributed by atoms with van der Waals surface area (Å²) in [6.45, 7) is 1.21. The van der Waals surface area contributed by atoms with E-state index >= 15 is 0 Å². The van der Waals surface area contributed by atoms with E-state index in [1.165, 1.54) is 19.1 Å². The van der Waals surface area contributed by atoms with E-state index in [1.807, 2.05) is 0 Å². The zero-order valence-corrected chi connectivity index (χ0v) is 10.9. The van der Waals surface area contributed by atoms with Gasteiger partial charge in [-0.25, -0.2) is 4.39 Å². The monoisotopic (exact) mass is 327 g/mol. The van der Waals surface area contributed by atoms with Crippen LogP contribution in [0.3, 0.4) is 0 Å². The Bertz CT molecular complexity index is 427. The molecule has 1 N–H and O–H groups in total. The second kappa shape index (κ2) is 5.69. The third kappa shape index (κ3) is 4.29. The second-order valence-corrected chi connectivity index (χ2v) is 4.64. The molecule has 1 rings (SSSR count). The topological polar surface area (TPSA) is 29.1 Å². The molecular formula is C11H10BrF4NO. The second-order valence-electron chi connectivity index (χ2n) is 3.79. The third-order valence-corrected chi connectivity index (χ3v) is 2.77. The van der Waals surface area contributed by atoms with Gasteiger partial charge >= 0.3 is 6.18 Å². The number of hydrogen-bond acceptors (Lipinski definition) is 1. The van der Waals surface area contributed by atoms with Gasteiger partial charge in [-0.3, -0.25) is 4.79 Å². The minimum absolute atomic E-state index is 0.194. The predicted octanol–water partition coefficient (Wildman–Crippen LogP) is 3.66. The highest BCUT2D eigenvalue weighted by molar-refractivity contribution is 9.10. The zero-order chi connectivity index (χ0) is 13.9. The molecule has 2 nitrogen and oxygen atoms in total. The van der Waals surface area contributed by atoms with Gasteiger partial charge in [0.2, 0.25) is 0 Å². The van der Waals surface area contributed by atoms with Crippen LogP contribution < -0.4 is 5.32 Å². The first-order valence-corrected chi connectivity index (χ1v) is 5.81. The van der Waals surface area contributed by atoms with Gasteiger partial charge < -0.3 is 5.32 Å². The smallest absolute Gasteiger partial charge is 0.349 e. The number of nitrogens with one attached hydrogen (secondary N) is 1. The maximum Gasteiger partial charge on any atom is 0.391 e. The first-order chi connectivity index (χ1) is 8.20. The Hall–Kier alpha value is -1.11. The quantitative estimate of drug-likeness (QED) is 0.843. The van der Waals surface area contributed by atoms with Gasteiger partial charge in [-0.1, -0.05) is 6.07 Å². The molecule has 0 radical (unpaired) electrons. The van der Waals surface area contributed by atoms with E-state index in [0.717, 1.165) is 6.07 Å². The molecule has 0 aliphatic carbocycles. The highest BCUT2D eigenvalue weighted by atomic mass is 79.9. The molecule has 1 aromatic rings. The molecule has 7 heteroatoms. The standard InChI is InChI=1S/C11H10BrF4NO/c1-6(5-11(14,15)16)17-10(18)9-7(12)3-2-4-8(9)13/h2-4,6H,5H2,1H3,(H,17,18). The summed E-state index contributed by atoms with van der Waals surface area (Å²) >= 11 is 2.98. The van der Waals surface area contributed by atoms with Crippen molar-refractivity contribution in [2.75, 3.05) is 0 Å². The number of benzene rings is 1. The molecule has 0 fully saturated rings. The molecule has 0 bridgehead atoms. The molecule has 0 spiro atoms. The average molecular weight is 328 g/mol. The minimum atomic E-state index is -4.38. The maximum atomic E-state index is 13.4. The first kappa shape index (κ1) is 14.9. The number of rotatable bonds is 3. The SMILES string of the molecule is CC(CC(F)(F)F)NC(=O)c1c(F)cccc1Br. The van der Waals surface area contributed by atoms with Gasteiger partial charge in [-0.2, -0.15) is 13.2 Å². The van der Waals surface area contributed by atoms with Gasteiger partial charge in [-0.05, 0) is 35.0 Å². The first-order valence-electron chi connectivity index (χ1n) is 5.02. The number of alkyl halides is 3. The van der Waals surface area contributed by atoms with Gasteiger partial charge in [0.15, 0.2) is 0 Å². The van der Waals surface area contributed by atoms with E-state index in [9.17, 15) is 22.4 Å². The molecule has 0 heterocycles. The summed E-state index contributed by atoms with van der Waals surface area (Å²) in [6, 6.07) is 2.76. The van der Waals surface area contributed by atoms with Crippen molar-refractivity contribution in [1.29, 1.82) is 0 Å². The summed E-state index contributed by atoms with van der Waals surface area (Å²) in [7, 11) is 0. The van der Waals surface area contributed by atoms with Gasteiger partial charge in [0.1, 0.15) is 5.82 Å². The Morgan fingerprint density at radius 1 is 1.44 bits per heavy atom. The van der Waals surface area contributed by atoms with E-state index < -0.39 is 30.4 Å². The minimum Gasteiger partial charge on any atom is -0.349 e. The lowest BCUT2D eigenvalue weighted by atomic mass is 10.1. The zero-order valence-electron chi connectivity index (χ0n) is 9.31. The van der Waals surface area contributed by atoms with Crippen LogP contribution in [0, 0.1) is 5.82 Å². The van der Waals surface area contributed by atoms with Crippen LogP contribution in [0.25, 0.3) is 0 Å². The number of hydrogen-bond donors (Lipinski definition) is 1. The van der Waals surface area contributed by atoms with Crippen LogP contribution >= 0.6 is 15.9 Å². The van der Waals surface area contributed by atoms with Crippen molar-refractivity contribution in [2.24, 2.45) is 0 Å². The molecule has 0 aliphatic heterocycles. The lowest BCUT2D eigenvalue weighted by Crippen LogP contribution is -2.36. The van der Waals surface area contributed by atoms with Crippen LogP contribution in [0.4, 0.5) is 17.6 Å². The normalized spacial score (nSPS) is 13.2. The fourth-order valence-corrected chi connectivity index (χ4v) is 1.93. The van der Waals surface area contributed by atoms with E-state index in [1.54, 1.807) is 0 Å². The van der Waals surface area contributed by atoms with E-state index in [-0.39, 0.29) is 10.0 Å². The largest absolute Gasteiger partial charge is 0.391 e. The van der Waals surface area contributed by atoms with E-state index in [2.05, 4.69) is 21.2 Å². The van der Waals surface area contributed by atoms with Gasteiger partial charge in [0, 0.05) is 10.5 Å². The molecular weight excluding hydrogens is 318 g/mol. The van der Waals surface area contributed by atoms with Crippen molar-refractivity contribution < 1.29 is 22.4 Å². The predicted molar refractivity (Wildman–Crippen MR) is 61.7 cm³/mol. The summed E-state index contributed by atoms with van der Waals surface area (Å²) in [5.74, 6) is -1.67. The van der Waals surface area contributed by atoms with E-state index in [0.29, 0.717) is 0 Å². The lowest BCUT2D eigenvalue weighted by Gasteiger charge is -2.16. The van der Waals surface area contributed by atoms with Crippen molar-refractivity contribution in [2.45, 2.75) is 25.6 Å².